The summed E-state index contributed by atoms with van der Waals surface area (Å²) in [5.41, 5.74) is 2.00. The molecule has 25 heavy (non-hydrogen) atoms. The molecule has 0 aliphatic carbocycles. The number of amides is 1. The molecule has 0 bridgehead atoms. The minimum atomic E-state index is -0.245. The topological polar surface area (TPSA) is 60.1 Å². The molecule has 0 fully saturated rings. The molecule has 3 aromatic rings. The van der Waals surface area contributed by atoms with Crippen LogP contribution in [0.1, 0.15) is 41.6 Å². The molecule has 0 aliphatic rings. The highest BCUT2D eigenvalue weighted by Gasteiger charge is 2.12. The van der Waals surface area contributed by atoms with E-state index in [9.17, 15) is 4.79 Å². The predicted octanol–water partition coefficient (Wildman–Crippen LogP) is 4.68. The lowest BCUT2D eigenvalue weighted by Crippen LogP contribution is -2.10. The molecule has 130 valence electrons. The Labute approximate surface area is 151 Å². The molecule has 1 N–H and O–H groups in total. The maximum Gasteiger partial charge on any atom is 0.291 e. The summed E-state index contributed by atoms with van der Waals surface area (Å²) in [5.74, 6) is 1.90. The van der Waals surface area contributed by atoms with Crippen molar-refractivity contribution in [3.05, 3.63) is 65.9 Å². The first-order valence-electron chi connectivity index (χ1n) is 8.13. The number of imidazole rings is 1. The van der Waals surface area contributed by atoms with Crippen LogP contribution in [0.25, 0.3) is 0 Å². The minimum absolute atomic E-state index is 0.245. The number of rotatable bonds is 6. The molecule has 6 heteroatoms. The molecule has 0 atom stereocenters. The zero-order valence-electron chi connectivity index (χ0n) is 14.5. The number of hydrogen-bond donors (Lipinski definition) is 1. The second-order valence-corrected chi connectivity index (χ2v) is 7.05. The Morgan fingerprint density at radius 1 is 1.24 bits per heavy atom. The average Bonchev–Trinajstić information content (AvgIpc) is 3.22. The largest absolute Gasteiger partial charge is 0.455 e. The molecule has 3 rings (SSSR count). The molecule has 0 saturated carbocycles. The highest BCUT2D eigenvalue weighted by molar-refractivity contribution is 7.98. The van der Waals surface area contributed by atoms with Crippen molar-refractivity contribution in [1.82, 2.24) is 9.55 Å². The molecule has 2 heterocycles. The van der Waals surface area contributed by atoms with Gasteiger partial charge in [-0.3, -0.25) is 4.79 Å². The number of aromatic nitrogens is 2. The normalized spacial score (nSPS) is 11.0. The van der Waals surface area contributed by atoms with Gasteiger partial charge in [-0.25, -0.2) is 4.98 Å². The summed E-state index contributed by atoms with van der Waals surface area (Å²) >= 11 is 1.57. The fourth-order valence-corrected chi connectivity index (χ4v) is 3.17. The van der Waals surface area contributed by atoms with E-state index < -0.39 is 0 Å². The van der Waals surface area contributed by atoms with Gasteiger partial charge in [0.2, 0.25) is 0 Å². The van der Waals surface area contributed by atoms with Gasteiger partial charge in [0, 0.05) is 25.1 Å². The van der Waals surface area contributed by atoms with Crippen molar-refractivity contribution in [1.29, 1.82) is 0 Å². The van der Waals surface area contributed by atoms with Gasteiger partial charge in [0.25, 0.3) is 5.91 Å². The maximum atomic E-state index is 12.3. The van der Waals surface area contributed by atoms with Crippen LogP contribution in [0.4, 0.5) is 5.69 Å². The Morgan fingerprint density at radius 3 is 2.64 bits per heavy atom. The van der Waals surface area contributed by atoms with Crippen LogP contribution < -0.4 is 5.32 Å². The molecule has 0 saturated heterocycles. The third-order valence-electron chi connectivity index (χ3n) is 3.84. The highest BCUT2D eigenvalue weighted by Crippen LogP contribution is 2.22. The fraction of sp³-hybridized carbons (Fsp3) is 0.263. The molecule has 1 amide bonds. The smallest absolute Gasteiger partial charge is 0.291 e. The lowest BCUT2D eigenvalue weighted by molar-refractivity contribution is 0.0995. The SMILES string of the molecule is CC(C)c1ccc(NC(=O)c2ccc(CSc3nccn3C)o2)cc1. The Kier molecular flexibility index (Phi) is 5.28. The van der Waals surface area contributed by atoms with E-state index in [0.717, 1.165) is 16.6 Å². The average molecular weight is 355 g/mol. The number of carbonyl (C=O) groups excluding carboxylic acids is 1. The zero-order valence-corrected chi connectivity index (χ0v) is 15.3. The van der Waals surface area contributed by atoms with Crippen LogP contribution in [-0.4, -0.2) is 15.5 Å². The maximum absolute atomic E-state index is 12.3. The number of furan rings is 1. The van der Waals surface area contributed by atoms with Gasteiger partial charge in [-0.1, -0.05) is 37.7 Å². The molecule has 0 spiro atoms. The highest BCUT2D eigenvalue weighted by atomic mass is 32.2. The summed E-state index contributed by atoms with van der Waals surface area (Å²) in [5, 5.41) is 3.77. The fourth-order valence-electron chi connectivity index (χ4n) is 2.35. The van der Waals surface area contributed by atoms with Crippen molar-refractivity contribution in [2.24, 2.45) is 7.05 Å². The van der Waals surface area contributed by atoms with Crippen molar-refractivity contribution in [3.8, 4) is 0 Å². The third-order valence-corrected chi connectivity index (χ3v) is 4.92. The number of carbonyl (C=O) groups is 1. The van der Waals surface area contributed by atoms with Gasteiger partial charge in [0.1, 0.15) is 5.76 Å². The number of aryl methyl sites for hydroxylation is 1. The first-order valence-corrected chi connectivity index (χ1v) is 9.11. The van der Waals surface area contributed by atoms with Gasteiger partial charge in [-0.15, -0.1) is 0 Å². The van der Waals surface area contributed by atoms with Gasteiger partial charge in [-0.05, 0) is 35.7 Å². The molecule has 0 aliphatic heterocycles. The Bertz CT molecular complexity index is 850. The summed E-state index contributed by atoms with van der Waals surface area (Å²) in [6, 6.07) is 11.4. The van der Waals surface area contributed by atoms with Crippen molar-refractivity contribution < 1.29 is 9.21 Å². The van der Waals surface area contributed by atoms with E-state index in [1.54, 1.807) is 24.0 Å². The second kappa shape index (κ2) is 7.61. The van der Waals surface area contributed by atoms with Gasteiger partial charge in [0.15, 0.2) is 10.9 Å². The van der Waals surface area contributed by atoms with Crippen LogP contribution in [0.2, 0.25) is 0 Å². The van der Waals surface area contributed by atoms with Crippen molar-refractivity contribution in [3.63, 3.8) is 0 Å². The quantitative estimate of drug-likeness (QED) is 0.652. The molecular weight excluding hydrogens is 334 g/mol. The van der Waals surface area contributed by atoms with E-state index in [4.69, 9.17) is 4.42 Å². The van der Waals surface area contributed by atoms with Crippen molar-refractivity contribution in [2.75, 3.05) is 5.32 Å². The van der Waals surface area contributed by atoms with E-state index in [1.807, 2.05) is 48.1 Å². The number of thioether (sulfide) groups is 1. The number of anilines is 1. The van der Waals surface area contributed by atoms with Crippen LogP contribution in [-0.2, 0) is 12.8 Å². The number of nitrogens with one attached hydrogen (secondary N) is 1. The molecule has 5 nitrogen and oxygen atoms in total. The minimum Gasteiger partial charge on any atom is -0.455 e. The van der Waals surface area contributed by atoms with E-state index in [0.29, 0.717) is 17.4 Å². The predicted molar refractivity (Wildman–Crippen MR) is 100.0 cm³/mol. The van der Waals surface area contributed by atoms with Gasteiger partial charge >= 0.3 is 0 Å². The van der Waals surface area contributed by atoms with E-state index >= 15 is 0 Å². The molecule has 1 aromatic carbocycles. The summed E-state index contributed by atoms with van der Waals surface area (Å²) in [6.07, 6.45) is 3.65. The monoisotopic (exact) mass is 355 g/mol. The third kappa shape index (κ3) is 4.33. The number of hydrogen-bond acceptors (Lipinski definition) is 4. The Morgan fingerprint density at radius 2 is 2.00 bits per heavy atom. The second-order valence-electron chi connectivity index (χ2n) is 6.11. The molecule has 0 unspecified atom stereocenters. The molecule has 2 aromatic heterocycles. The summed E-state index contributed by atoms with van der Waals surface area (Å²) in [4.78, 5) is 16.6. The van der Waals surface area contributed by atoms with Crippen LogP contribution in [0, 0.1) is 0 Å². The number of benzene rings is 1. The van der Waals surface area contributed by atoms with Crippen molar-refractivity contribution in [2.45, 2.75) is 30.7 Å². The molecular formula is C19H21N3O2S. The first-order chi connectivity index (χ1) is 12.0. The van der Waals surface area contributed by atoms with Gasteiger partial charge in [0.05, 0.1) is 5.75 Å². The lowest BCUT2D eigenvalue weighted by Gasteiger charge is -2.07. The van der Waals surface area contributed by atoms with E-state index in [-0.39, 0.29) is 5.91 Å². The number of nitrogens with zero attached hydrogens (tertiary/aromatic N) is 2. The zero-order chi connectivity index (χ0) is 17.8. The van der Waals surface area contributed by atoms with Gasteiger partial charge in [-0.2, -0.15) is 0 Å². The van der Waals surface area contributed by atoms with Crippen LogP contribution in [0.15, 0.2) is 58.4 Å². The Hall–Kier alpha value is -2.47. The van der Waals surface area contributed by atoms with Crippen molar-refractivity contribution >= 4 is 23.4 Å². The first kappa shape index (κ1) is 17.4. The summed E-state index contributed by atoms with van der Waals surface area (Å²) in [7, 11) is 1.95. The lowest BCUT2D eigenvalue weighted by atomic mass is 10.0. The van der Waals surface area contributed by atoms with Crippen LogP contribution >= 0.6 is 11.8 Å². The summed E-state index contributed by atoms with van der Waals surface area (Å²) < 4.78 is 7.59. The van der Waals surface area contributed by atoms with E-state index in [1.165, 1.54) is 5.56 Å². The van der Waals surface area contributed by atoms with Crippen LogP contribution in [0.3, 0.4) is 0 Å². The Balaban J connectivity index is 1.59. The van der Waals surface area contributed by atoms with E-state index in [2.05, 4.69) is 24.1 Å². The standard InChI is InChI=1S/C19H21N3O2S/c1-13(2)14-4-6-15(7-5-14)21-18(23)17-9-8-16(24-17)12-25-19-20-10-11-22(19)3/h4-11,13H,12H2,1-3H3,(H,21,23). The van der Waals surface area contributed by atoms with Crippen LogP contribution in [0.5, 0.6) is 0 Å². The van der Waals surface area contributed by atoms with Gasteiger partial charge < -0.3 is 14.3 Å². The summed E-state index contributed by atoms with van der Waals surface area (Å²) in [6.45, 7) is 4.28. The molecule has 0 radical (unpaired) electrons.